The third-order valence-corrected chi connectivity index (χ3v) is 3.57. The summed E-state index contributed by atoms with van der Waals surface area (Å²) < 4.78 is 44.2. The van der Waals surface area contributed by atoms with Crippen molar-refractivity contribution in [2.45, 2.75) is 6.61 Å². The SMILES string of the molecule is COc1ccc(C(=O)NC(=O)COC(=O)c2cccc(OC)c2OC(F)F)cc1. The Kier molecular flexibility index (Phi) is 7.47. The summed E-state index contributed by atoms with van der Waals surface area (Å²) in [5, 5.41) is 2.04. The molecule has 8 nitrogen and oxygen atoms in total. The molecule has 0 bridgehead atoms. The van der Waals surface area contributed by atoms with Gasteiger partial charge in [-0.25, -0.2) is 4.79 Å². The predicted octanol–water partition coefficient (Wildman–Crippen LogP) is 2.42. The first kappa shape index (κ1) is 21.6. The molecule has 2 amide bonds. The number of nitrogens with one attached hydrogen (secondary N) is 1. The van der Waals surface area contributed by atoms with E-state index in [1.165, 1.54) is 56.7 Å². The molecule has 0 aliphatic carbocycles. The fourth-order valence-corrected chi connectivity index (χ4v) is 2.23. The lowest BCUT2D eigenvalue weighted by Gasteiger charge is -2.13. The maximum atomic E-state index is 12.6. The van der Waals surface area contributed by atoms with E-state index in [4.69, 9.17) is 14.2 Å². The van der Waals surface area contributed by atoms with Gasteiger partial charge in [0.2, 0.25) is 0 Å². The van der Waals surface area contributed by atoms with Gasteiger partial charge in [0.25, 0.3) is 11.8 Å². The average Bonchev–Trinajstić information content (AvgIpc) is 2.71. The lowest BCUT2D eigenvalue weighted by Crippen LogP contribution is -2.34. The molecule has 2 rings (SSSR count). The number of para-hydroxylation sites is 1. The minimum Gasteiger partial charge on any atom is -0.497 e. The van der Waals surface area contributed by atoms with Gasteiger partial charge in [-0.3, -0.25) is 14.9 Å². The highest BCUT2D eigenvalue weighted by atomic mass is 19.3. The molecule has 0 aliphatic rings. The van der Waals surface area contributed by atoms with Gasteiger partial charge in [-0.2, -0.15) is 8.78 Å². The van der Waals surface area contributed by atoms with Crippen molar-refractivity contribution in [2.24, 2.45) is 0 Å². The van der Waals surface area contributed by atoms with E-state index in [0.29, 0.717) is 5.75 Å². The normalized spacial score (nSPS) is 10.2. The number of imide groups is 1. The van der Waals surface area contributed by atoms with Crippen LogP contribution in [0.2, 0.25) is 0 Å². The summed E-state index contributed by atoms with van der Waals surface area (Å²) in [4.78, 5) is 36.0. The van der Waals surface area contributed by atoms with Gasteiger partial charge in [-0.15, -0.1) is 0 Å². The zero-order valence-electron chi connectivity index (χ0n) is 15.4. The first-order valence-electron chi connectivity index (χ1n) is 8.13. The Morgan fingerprint density at radius 2 is 1.69 bits per heavy atom. The molecule has 1 N–H and O–H groups in total. The number of hydrogen-bond acceptors (Lipinski definition) is 7. The largest absolute Gasteiger partial charge is 0.497 e. The van der Waals surface area contributed by atoms with Crippen LogP contribution < -0.4 is 19.5 Å². The number of alkyl halides is 2. The standard InChI is InChI=1S/C19H17F2NO7/c1-26-12-8-6-11(7-9-12)17(24)22-15(23)10-28-18(25)13-4-3-5-14(27-2)16(13)29-19(20)21/h3-9,19H,10H2,1-2H3,(H,22,23,24). The van der Waals surface area contributed by atoms with Crippen LogP contribution in [0, 0.1) is 0 Å². The number of benzene rings is 2. The fourth-order valence-electron chi connectivity index (χ4n) is 2.23. The van der Waals surface area contributed by atoms with Crippen LogP contribution in [0.1, 0.15) is 20.7 Å². The van der Waals surface area contributed by atoms with Crippen molar-refractivity contribution in [1.82, 2.24) is 5.32 Å². The van der Waals surface area contributed by atoms with Gasteiger partial charge in [0, 0.05) is 5.56 Å². The molecule has 0 spiro atoms. The van der Waals surface area contributed by atoms with Crippen LogP contribution in [0.5, 0.6) is 17.2 Å². The summed E-state index contributed by atoms with van der Waals surface area (Å²) in [6.45, 7) is -4.02. The third-order valence-electron chi connectivity index (χ3n) is 3.57. The molecule has 154 valence electrons. The first-order valence-corrected chi connectivity index (χ1v) is 8.13. The summed E-state index contributed by atoms with van der Waals surface area (Å²) >= 11 is 0. The van der Waals surface area contributed by atoms with E-state index in [1.54, 1.807) is 0 Å². The second-order valence-corrected chi connectivity index (χ2v) is 5.40. The number of amides is 2. The lowest BCUT2D eigenvalue weighted by molar-refractivity contribution is -0.123. The van der Waals surface area contributed by atoms with Gasteiger partial charge in [0.15, 0.2) is 18.1 Å². The van der Waals surface area contributed by atoms with Crippen molar-refractivity contribution in [3.63, 3.8) is 0 Å². The van der Waals surface area contributed by atoms with E-state index in [-0.39, 0.29) is 16.9 Å². The Morgan fingerprint density at radius 1 is 1.00 bits per heavy atom. The van der Waals surface area contributed by atoms with Crippen LogP contribution in [0.4, 0.5) is 8.78 Å². The summed E-state index contributed by atoms with van der Waals surface area (Å²) in [5.41, 5.74) is -0.176. The Hall–Kier alpha value is -3.69. The van der Waals surface area contributed by atoms with Gasteiger partial charge < -0.3 is 18.9 Å². The van der Waals surface area contributed by atoms with Crippen LogP contribution >= 0.6 is 0 Å². The Labute approximate surface area is 164 Å². The van der Waals surface area contributed by atoms with E-state index in [0.717, 1.165) is 0 Å². The third kappa shape index (κ3) is 5.89. The topological polar surface area (TPSA) is 100 Å². The molecule has 0 unspecified atom stereocenters. The minimum absolute atomic E-state index is 0.112. The molecular weight excluding hydrogens is 392 g/mol. The molecule has 0 aromatic heterocycles. The maximum Gasteiger partial charge on any atom is 0.387 e. The average molecular weight is 409 g/mol. The van der Waals surface area contributed by atoms with E-state index in [2.05, 4.69) is 4.74 Å². The molecule has 0 radical (unpaired) electrons. The number of esters is 1. The van der Waals surface area contributed by atoms with Crippen molar-refractivity contribution in [3.8, 4) is 17.2 Å². The minimum atomic E-state index is -3.21. The van der Waals surface area contributed by atoms with Gasteiger partial charge in [-0.05, 0) is 36.4 Å². The highest BCUT2D eigenvalue weighted by molar-refractivity contribution is 6.05. The second-order valence-electron chi connectivity index (χ2n) is 5.40. The molecule has 29 heavy (non-hydrogen) atoms. The van der Waals surface area contributed by atoms with Gasteiger partial charge in [0.05, 0.1) is 14.2 Å². The lowest BCUT2D eigenvalue weighted by atomic mass is 10.2. The smallest absolute Gasteiger partial charge is 0.387 e. The molecule has 0 heterocycles. The van der Waals surface area contributed by atoms with Crippen LogP contribution in [0.15, 0.2) is 42.5 Å². The number of carbonyl (C=O) groups excluding carboxylic acids is 3. The van der Waals surface area contributed by atoms with Crippen LogP contribution in [-0.4, -0.2) is 45.2 Å². The van der Waals surface area contributed by atoms with Gasteiger partial charge in [-0.1, -0.05) is 6.07 Å². The highest BCUT2D eigenvalue weighted by Crippen LogP contribution is 2.32. The molecule has 0 saturated heterocycles. The van der Waals surface area contributed by atoms with Crippen LogP contribution in [0.3, 0.4) is 0 Å². The van der Waals surface area contributed by atoms with E-state index in [9.17, 15) is 23.2 Å². The highest BCUT2D eigenvalue weighted by Gasteiger charge is 2.22. The van der Waals surface area contributed by atoms with Gasteiger partial charge >= 0.3 is 12.6 Å². The fraction of sp³-hybridized carbons (Fsp3) is 0.211. The van der Waals surface area contributed by atoms with Crippen LogP contribution in [-0.2, 0) is 9.53 Å². The monoisotopic (exact) mass is 409 g/mol. The Morgan fingerprint density at radius 3 is 2.28 bits per heavy atom. The van der Waals surface area contributed by atoms with Crippen molar-refractivity contribution >= 4 is 17.8 Å². The summed E-state index contributed by atoms with van der Waals surface area (Å²) in [7, 11) is 2.67. The van der Waals surface area contributed by atoms with Crippen LogP contribution in [0.25, 0.3) is 0 Å². The molecule has 0 saturated carbocycles. The van der Waals surface area contributed by atoms with E-state index >= 15 is 0 Å². The number of rotatable bonds is 8. The number of ether oxygens (including phenoxy) is 4. The number of hydrogen-bond donors (Lipinski definition) is 1. The molecule has 0 aliphatic heterocycles. The first-order chi connectivity index (χ1) is 13.8. The molecular formula is C19H17F2NO7. The van der Waals surface area contributed by atoms with Crippen molar-refractivity contribution in [3.05, 3.63) is 53.6 Å². The molecule has 2 aromatic rings. The molecule has 2 aromatic carbocycles. The molecule has 0 atom stereocenters. The summed E-state index contributed by atoms with van der Waals surface area (Å²) in [5.74, 6) is -2.83. The molecule has 0 fully saturated rings. The van der Waals surface area contributed by atoms with Crippen molar-refractivity contribution in [2.75, 3.05) is 20.8 Å². The second kappa shape index (κ2) is 10.0. The zero-order valence-corrected chi connectivity index (χ0v) is 15.4. The Balaban J connectivity index is 1.99. The van der Waals surface area contributed by atoms with Crippen molar-refractivity contribution < 1.29 is 42.1 Å². The molecule has 10 heteroatoms. The van der Waals surface area contributed by atoms with E-state index < -0.39 is 36.8 Å². The number of carbonyl (C=O) groups is 3. The Bertz CT molecular complexity index is 885. The zero-order chi connectivity index (χ0) is 21.4. The van der Waals surface area contributed by atoms with E-state index in [1.807, 2.05) is 5.32 Å². The van der Waals surface area contributed by atoms with Gasteiger partial charge in [0.1, 0.15) is 11.3 Å². The number of halogens is 2. The van der Waals surface area contributed by atoms with Crippen molar-refractivity contribution in [1.29, 1.82) is 0 Å². The quantitative estimate of drug-likeness (QED) is 0.669. The maximum absolute atomic E-state index is 12.6. The predicted molar refractivity (Wildman–Crippen MR) is 95.4 cm³/mol. The summed E-state index contributed by atoms with van der Waals surface area (Å²) in [6.07, 6.45) is 0. The number of methoxy groups -OCH3 is 2. The summed E-state index contributed by atoms with van der Waals surface area (Å²) in [6, 6.07) is 9.80.